The molecule has 0 aromatic carbocycles. The first kappa shape index (κ1) is 14.0. The third kappa shape index (κ3) is 4.31. The van der Waals surface area contributed by atoms with Crippen molar-refractivity contribution in [1.82, 2.24) is 15.2 Å². The number of likely N-dealkylation sites (tertiary alicyclic amines) is 1. The number of aromatic nitrogens is 1. The maximum atomic E-state index is 11.8. The zero-order valence-electron chi connectivity index (χ0n) is 11.8. The van der Waals surface area contributed by atoms with E-state index >= 15 is 0 Å². The minimum Gasteiger partial charge on any atom is -0.351 e. The lowest BCUT2D eigenvalue weighted by Crippen LogP contribution is -2.42. The van der Waals surface area contributed by atoms with Crippen LogP contribution in [0.15, 0.2) is 24.5 Å². The lowest BCUT2D eigenvalue weighted by molar-refractivity contribution is 0.0936. The van der Waals surface area contributed by atoms with Gasteiger partial charge in [-0.25, -0.2) is 0 Å². The molecule has 2 heterocycles. The summed E-state index contributed by atoms with van der Waals surface area (Å²) in [6, 6.07) is 3.57. The molecule has 0 bridgehead atoms. The quantitative estimate of drug-likeness (QED) is 0.898. The summed E-state index contributed by atoms with van der Waals surface area (Å²) < 4.78 is 0. The van der Waals surface area contributed by atoms with Crippen LogP contribution in [0.5, 0.6) is 0 Å². The molecule has 19 heavy (non-hydrogen) atoms. The van der Waals surface area contributed by atoms with Gasteiger partial charge in [0.15, 0.2) is 0 Å². The molecule has 1 aromatic heterocycles. The Morgan fingerprint density at radius 2 is 2.16 bits per heavy atom. The molecule has 1 aliphatic heterocycles. The molecular formula is C15H23N3O. The van der Waals surface area contributed by atoms with Crippen molar-refractivity contribution in [2.24, 2.45) is 11.8 Å². The van der Waals surface area contributed by atoms with Gasteiger partial charge in [0, 0.05) is 38.6 Å². The van der Waals surface area contributed by atoms with Crippen LogP contribution in [0.4, 0.5) is 0 Å². The minimum atomic E-state index is -0.0359. The molecule has 1 saturated heterocycles. The van der Waals surface area contributed by atoms with Crippen LogP contribution in [0.3, 0.4) is 0 Å². The summed E-state index contributed by atoms with van der Waals surface area (Å²) in [5, 5.41) is 2.96. The number of piperidine rings is 1. The fourth-order valence-corrected chi connectivity index (χ4v) is 2.90. The summed E-state index contributed by atoms with van der Waals surface area (Å²) in [6.45, 7) is 8.53. The number of nitrogens with one attached hydrogen (secondary N) is 1. The Hall–Kier alpha value is -1.42. The molecule has 0 unspecified atom stereocenters. The number of carbonyl (C=O) groups is 1. The van der Waals surface area contributed by atoms with Gasteiger partial charge in [0.05, 0.1) is 5.56 Å². The van der Waals surface area contributed by atoms with Gasteiger partial charge >= 0.3 is 0 Å². The van der Waals surface area contributed by atoms with Crippen LogP contribution < -0.4 is 5.32 Å². The number of carbonyl (C=O) groups excluding carboxylic acids is 1. The van der Waals surface area contributed by atoms with E-state index in [2.05, 4.69) is 29.0 Å². The topological polar surface area (TPSA) is 45.2 Å². The van der Waals surface area contributed by atoms with Crippen molar-refractivity contribution in [3.05, 3.63) is 30.1 Å². The van der Waals surface area contributed by atoms with Gasteiger partial charge in [0.25, 0.3) is 5.91 Å². The van der Waals surface area contributed by atoms with Gasteiger partial charge in [-0.2, -0.15) is 0 Å². The normalized spacial score (nSPS) is 24.1. The van der Waals surface area contributed by atoms with E-state index in [0.717, 1.165) is 31.5 Å². The molecule has 1 aliphatic rings. The number of pyridine rings is 1. The second-order valence-corrected chi connectivity index (χ2v) is 5.70. The molecular weight excluding hydrogens is 238 g/mol. The highest BCUT2D eigenvalue weighted by atomic mass is 16.1. The summed E-state index contributed by atoms with van der Waals surface area (Å²) in [4.78, 5) is 18.2. The highest BCUT2D eigenvalue weighted by Gasteiger charge is 2.21. The Morgan fingerprint density at radius 1 is 1.42 bits per heavy atom. The van der Waals surface area contributed by atoms with E-state index in [1.807, 2.05) is 0 Å². The van der Waals surface area contributed by atoms with Gasteiger partial charge in [-0.15, -0.1) is 0 Å². The van der Waals surface area contributed by atoms with Crippen LogP contribution in [0.1, 0.15) is 30.6 Å². The van der Waals surface area contributed by atoms with E-state index in [9.17, 15) is 4.79 Å². The van der Waals surface area contributed by atoms with Crippen LogP contribution in [-0.4, -0.2) is 42.0 Å². The van der Waals surface area contributed by atoms with Gasteiger partial charge in [-0.1, -0.05) is 13.8 Å². The average molecular weight is 261 g/mol. The molecule has 0 aliphatic carbocycles. The highest BCUT2D eigenvalue weighted by Crippen LogP contribution is 2.20. The first-order valence-electron chi connectivity index (χ1n) is 7.05. The van der Waals surface area contributed by atoms with E-state index in [1.165, 1.54) is 6.42 Å². The van der Waals surface area contributed by atoms with Crippen molar-refractivity contribution in [2.75, 3.05) is 26.2 Å². The average Bonchev–Trinajstić information content (AvgIpc) is 2.38. The molecule has 104 valence electrons. The van der Waals surface area contributed by atoms with Gasteiger partial charge in [-0.05, 0) is 30.4 Å². The standard InChI is InChI=1S/C15H23N3O/c1-12-8-13(2)11-18(10-12)7-6-17-15(19)14-4-3-5-16-9-14/h3-5,9,12-13H,6-8,10-11H2,1-2H3,(H,17,19)/t12-,13-/m0/s1. The van der Waals surface area contributed by atoms with Crippen molar-refractivity contribution < 1.29 is 4.79 Å². The SMILES string of the molecule is C[C@H]1C[C@H](C)CN(CCNC(=O)c2cccnc2)C1. The zero-order chi connectivity index (χ0) is 13.7. The van der Waals surface area contributed by atoms with E-state index in [-0.39, 0.29) is 5.91 Å². The fourth-order valence-electron chi connectivity index (χ4n) is 2.90. The molecule has 4 heteroatoms. The van der Waals surface area contributed by atoms with Gasteiger partial charge in [0.2, 0.25) is 0 Å². The van der Waals surface area contributed by atoms with Crippen LogP contribution >= 0.6 is 0 Å². The number of hydrogen-bond acceptors (Lipinski definition) is 3. The Balaban J connectivity index is 1.73. The smallest absolute Gasteiger partial charge is 0.252 e. The second-order valence-electron chi connectivity index (χ2n) is 5.70. The molecule has 0 radical (unpaired) electrons. The first-order valence-corrected chi connectivity index (χ1v) is 7.05. The van der Waals surface area contributed by atoms with E-state index in [1.54, 1.807) is 24.5 Å². The van der Waals surface area contributed by atoms with Crippen molar-refractivity contribution >= 4 is 5.91 Å². The molecule has 1 aromatic rings. The van der Waals surface area contributed by atoms with E-state index in [4.69, 9.17) is 0 Å². The molecule has 0 spiro atoms. The Bertz CT molecular complexity index is 397. The summed E-state index contributed by atoms with van der Waals surface area (Å²) in [7, 11) is 0. The first-order chi connectivity index (χ1) is 9.15. The third-order valence-electron chi connectivity index (χ3n) is 3.58. The summed E-state index contributed by atoms with van der Waals surface area (Å²) >= 11 is 0. The predicted molar refractivity (Wildman–Crippen MR) is 76.0 cm³/mol. The highest BCUT2D eigenvalue weighted by molar-refractivity contribution is 5.93. The van der Waals surface area contributed by atoms with Crippen LogP contribution in [0, 0.1) is 11.8 Å². The van der Waals surface area contributed by atoms with Crippen LogP contribution in [0.25, 0.3) is 0 Å². The number of amides is 1. The van der Waals surface area contributed by atoms with Crippen molar-refractivity contribution in [3.63, 3.8) is 0 Å². The molecule has 2 rings (SSSR count). The van der Waals surface area contributed by atoms with Crippen molar-refractivity contribution in [2.45, 2.75) is 20.3 Å². The summed E-state index contributed by atoms with van der Waals surface area (Å²) in [6.07, 6.45) is 4.59. The maximum absolute atomic E-state index is 11.8. The van der Waals surface area contributed by atoms with Crippen LogP contribution in [-0.2, 0) is 0 Å². The third-order valence-corrected chi connectivity index (χ3v) is 3.58. The van der Waals surface area contributed by atoms with Crippen molar-refractivity contribution in [1.29, 1.82) is 0 Å². The van der Waals surface area contributed by atoms with Gasteiger partial charge in [-0.3, -0.25) is 9.78 Å². The fraction of sp³-hybridized carbons (Fsp3) is 0.600. The molecule has 4 nitrogen and oxygen atoms in total. The van der Waals surface area contributed by atoms with Gasteiger partial charge in [0.1, 0.15) is 0 Å². The Morgan fingerprint density at radius 3 is 2.79 bits per heavy atom. The lowest BCUT2D eigenvalue weighted by atomic mass is 9.92. The number of nitrogens with zero attached hydrogens (tertiary/aromatic N) is 2. The monoisotopic (exact) mass is 261 g/mol. The second kappa shape index (κ2) is 6.66. The summed E-state index contributed by atoms with van der Waals surface area (Å²) in [5.74, 6) is 1.49. The molecule has 0 saturated carbocycles. The predicted octanol–water partition coefficient (Wildman–Crippen LogP) is 1.79. The number of hydrogen-bond donors (Lipinski definition) is 1. The molecule has 1 amide bonds. The molecule has 1 N–H and O–H groups in total. The Kier molecular flexibility index (Phi) is 4.91. The van der Waals surface area contributed by atoms with Gasteiger partial charge < -0.3 is 10.2 Å². The van der Waals surface area contributed by atoms with Crippen molar-refractivity contribution in [3.8, 4) is 0 Å². The number of rotatable bonds is 4. The lowest BCUT2D eigenvalue weighted by Gasteiger charge is -2.34. The molecule has 2 atom stereocenters. The maximum Gasteiger partial charge on any atom is 0.252 e. The van der Waals surface area contributed by atoms with E-state index in [0.29, 0.717) is 12.1 Å². The van der Waals surface area contributed by atoms with Crippen LogP contribution in [0.2, 0.25) is 0 Å². The summed E-state index contributed by atoms with van der Waals surface area (Å²) in [5.41, 5.74) is 0.628. The zero-order valence-corrected chi connectivity index (χ0v) is 11.8. The Labute approximate surface area is 115 Å². The molecule has 1 fully saturated rings. The largest absolute Gasteiger partial charge is 0.351 e. The minimum absolute atomic E-state index is 0.0359. The van der Waals surface area contributed by atoms with E-state index < -0.39 is 0 Å².